The molecule has 0 bridgehead atoms. The molecule has 1 saturated carbocycles. The topological polar surface area (TPSA) is 66.2 Å². The number of aromatic nitrogens is 2. The highest BCUT2D eigenvalue weighted by molar-refractivity contribution is 5.44. The Morgan fingerprint density at radius 1 is 1.26 bits per heavy atom. The number of hydrogen-bond acceptors (Lipinski definition) is 6. The predicted molar refractivity (Wildman–Crippen MR) is 91.7 cm³/mol. The average Bonchev–Trinajstić information content (AvgIpc) is 3.26. The van der Waals surface area contributed by atoms with Gasteiger partial charge in [0.2, 0.25) is 5.95 Å². The second-order valence-corrected chi connectivity index (χ2v) is 6.29. The quantitative estimate of drug-likeness (QED) is 0.694. The zero-order valence-corrected chi connectivity index (χ0v) is 13.9. The fourth-order valence-electron chi connectivity index (χ4n) is 2.41. The maximum absolute atomic E-state index is 5.35. The molecular weight excluding hydrogens is 290 g/mol. The first-order valence-electron chi connectivity index (χ1n) is 8.24. The lowest BCUT2D eigenvalue weighted by Gasteiger charge is -2.12. The number of nitrogens with one attached hydrogen (secondary N) is 2. The van der Waals surface area contributed by atoms with E-state index in [1.807, 2.05) is 12.1 Å². The van der Waals surface area contributed by atoms with Crippen LogP contribution in [0.2, 0.25) is 0 Å². The highest BCUT2D eigenvalue weighted by atomic mass is 16.3. The van der Waals surface area contributed by atoms with Gasteiger partial charge in [0.1, 0.15) is 11.6 Å². The van der Waals surface area contributed by atoms with E-state index in [0.717, 1.165) is 42.7 Å². The van der Waals surface area contributed by atoms with Crippen LogP contribution in [0.3, 0.4) is 0 Å². The molecule has 1 aliphatic rings. The first-order valence-corrected chi connectivity index (χ1v) is 8.24. The van der Waals surface area contributed by atoms with Crippen molar-refractivity contribution < 1.29 is 4.42 Å². The molecule has 2 aromatic rings. The zero-order valence-electron chi connectivity index (χ0n) is 13.9. The zero-order chi connectivity index (χ0) is 16.1. The van der Waals surface area contributed by atoms with Crippen molar-refractivity contribution in [2.75, 3.05) is 37.8 Å². The minimum Gasteiger partial charge on any atom is -0.467 e. The standard InChI is InChI=1S/C17H25N5O/c1-22(2)9-4-8-18-17-20-15(13-6-7-13)11-16(21-17)19-12-14-5-3-10-23-14/h3,5,10-11,13H,4,6-9,12H2,1-2H3,(H2,18,19,20,21). The van der Waals surface area contributed by atoms with Gasteiger partial charge in [-0.3, -0.25) is 0 Å². The predicted octanol–water partition coefficient (Wildman–Crippen LogP) is 2.92. The van der Waals surface area contributed by atoms with Gasteiger partial charge >= 0.3 is 0 Å². The lowest BCUT2D eigenvalue weighted by molar-refractivity contribution is 0.405. The summed E-state index contributed by atoms with van der Waals surface area (Å²) in [6.07, 6.45) is 5.22. The largest absolute Gasteiger partial charge is 0.467 e. The molecule has 0 aliphatic heterocycles. The van der Waals surface area contributed by atoms with Crippen LogP contribution in [-0.4, -0.2) is 42.1 Å². The smallest absolute Gasteiger partial charge is 0.224 e. The van der Waals surface area contributed by atoms with Gasteiger partial charge in [-0.1, -0.05) is 0 Å². The van der Waals surface area contributed by atoms with E-state index in [1.165, 1.54) is 12.8 Å². The van der Waals surface area contributed by atoms with E-state index in [-0.39, 0.29) is 0 Å². The second kappa shape index (κ2) is 7.46. The van der Waals surface area contributed by atoms with E-state index in [9.17, 15) is 0 Å². The van der Waals surface area contributed by atoms with E-state index in [4.69, 9.17) is 4.42 Å². The Kier molecular flexibility index (Phi) is 5.12. The molecule has 2 N–H and O–H groups in total. The molecule has 124 valence electrons. The van der Waals surface area contributed by atoms with E-state index < -0.39 is 0 Å². The van der Waals surface area contributed by atoms with E-state index >= 15 is 0 Å². The van der Waals surface area contributed by atoms with Crippen molar-refractivity contribution in [3.05, 3.63) is 35.9 Å². The summed E-state index contributed by atoms with van der Waals surface area (Å²) in [6.45, 7) is 2.57. The number of hydrogen-bond donors (Lipinski definition) is 2. The maximum atomic E-state index is 5.35. The highest BCUT2D eigenvalue weighted by Gasteiger charge is 2.26. The first-order chi connectivity index (χ1) is 11.2. The summed E-state index contributed by atoms with van der Waals surface area (Å²) in [5, 5.41) is 6.67. The summed E-state index contributed by atoms with van der Waals surface area (Å²) in [5.74, 6) is 3.07. The summed E-state index contributed by atoms with van der Waals surface area (Å²) in [5.41, 5.74) is 1.14. The molecule has 6 nitrogen and oxygen atoms in total. The fraction of sp³-hybridized carbons (Fsp3) is 0.529. The molecule has 3 rings (SSSR count). The van der Waals surface area contributed by atoms with E-state index in [2.05, 4.69) is 45.7 Å². The van der Waals surface area contributed by atoms with E-state index in [0.29, 0.717) is 12.5 Å². The van der Waals surface area contributed by atoms with Crippen molar-refractivity contribution in [2.45, 2.75) is 31.7 Å². The Balaban J connectivity index is 1.61. The average molecular weight is 315 g/mol. The highest BCUT2D eigenvalue weighted by Crippen LogP contribution is 2.39. The summed E-state index contributed by atoms with van der Waals surface area (Å²) >= 11 is 0. The van der Waals surface area contributed by atoms with Crippen molar-refractivity contribution in [1.29, 1.82) is 0 Å². The monoisotopic (exact) mass is 315 g/mol. The molecule has 1 fully saturated rings. The Morgan fingerprint density at radius 3 is 2.83 bits per heavy atom. The minimum atomic E-state index is 0.601. The van der Waals surface area contributed by atoms with Gasteiger partial charge in [0, 0.05) is 18.5 Å². The Labute approximate surface area is 137 Å². The molecule has 0 radical (unpaired) electrons. The molecule has 0 atom stereocenters. The molecule has 0 amide bonds. The second-order valence-electron chi connectivity index (χ2n) is 6.29. The molecular formula is C17H25N5O. The molecule has 1 aliphatic carbocycles. The van der Waals surface area contributed by atoms with Crippen LogP contribution >= 0.6 is 0 Å². The van der Waals surface area contributed by atoms with Gasteiger partial charge in [-0.2, -0.15) is 4.98 Å². The third-order valence-electron chi connectivity index (χ3n) is 3.83. The number of rotatable bonds is 9. The summed E-state index contributed by atoms with van der Waals surface area (Å²) < 4.78 is 5.35. The third-order valence-corrected chi connectivity index (χ3v) is 3.83. The summed E-state index contributed by atoms with van der Waals surface area (Å²) in [6, 6.07) is 5.91. The van der Waals surface area contributed by atoms with Crippen LogP contribution in [0.4, 0.5) is 11.8 Å². The molecule has 23 heavy (non-hydrogen) atoms. The molecule has 0 saturated heterocycles. The third kappa shape index (κ3) is 4.96. The Morgan fingerprint density at radius 2 is 2.13 bits per heavy atom. The number of anilines is 2. The Bertz CT molecular complexity index is 607. The van der Waals surface area contributed by atoms with Crippen LogP contribution in [0.15, 0.2) is 28.9 Å². The van der Waals surface area contributed by atoms with Gasteiger partial charge < -0.3 is 20.0 Å². The van der Waals surface area contributed by atoms with Crippen LogP contribution in [0.1, 0.15) is 36.6 Å². The van der Waals surface area contributed by atoms with Crippen LogP contribution in [0, 0.1) is 0 Å². The van der Waals surface area contributed by atoms with Crippen molar-refractivity contribution in [3.63, 3.8) is 0 Å². The Hall–Kier alpha value is -2.08. The molecule has 0 unspecified atom stereocenters. The molecule has 0 aromatic carbocycles. The van der Waals surface area contributed by atoms with Gasteiger partial charge in [-0.05, 0) is 52.0 Å². The molecule has 6 heteroatoms. The molecule has 2 heterocycles. The van der Waals surface area contributed by atoms with Crippen molar-refractivity contribution in [2.24, 2.45) is 0 Å². The maximum Gasteiger partial charge on any atom is 0.224 e. The molecule has 0 spiro atoms. The van der Waals surface area contributed by atoms with Gasteiger partial charge in [0.25, 0.3) is 0 Å². The van der Waals surface area contributed by atoms with Gasteiger partial charge in [-0.25, -0.2) is 4.98 Å². The van der Waals surface area contributed by atoms with Crippen molar-refractivity contribution in [3.8, 4) is 0 Å². The van der Waals surface area contributed by atoms with Crippen LogP contribution in [-0.2, 0) is 6.54 Å². The minimum absolute atomic E-state index is 0.601. The molecule has 2 aromatic heterocycles. The van der Waals surface area contributed by atoms with Crippen LogP contribution in [0.5, 0.6) is 0 Å². The number of furan rings is 1. The lowest BCUT2D eigenvalue weighted by atomic mass is 10.3. The van der Waals surface area contributed by atoms with Gasteiger partial charge in [-0.15, -0.1) is 0 Å². The SMILES string of the molecule is CN(C)CCCNc1nc(NCc2ccco2)cc(C2CC2)n1. The number of nitrogens with zero attached hydrogens (tertiary/aromatic N) is 3. The van der Waals surface area contributed by atoms with Crippen molar-refractivity contribution in [1.82, 2.24) is 14.9 Å². The normalized spacial score (nSPS) is 14.2. The lowest BCUT2D eigenvalue weighted by Crippen LogP contribution is -2.17. The summed E-state index contributed by atoms with van der Waals surface area (Å²) in [7, 11) is 4.17. The van der Waals surface area contributed by atoms with Crippen LogP contribution in [0.25, 0.3) is 0 Å². The fourth-order valence-corrected chi connectivity index (χ4v) is 2.41. The van der Waals surface area contributed by atoms with Crippen LogP contribution < -0.4 is 10.6 Å². The van der Waals surface area contributed by atoms with E-state index in [1.54, 1.807) is 6.26 Å². The van der Waals surface area contributed by atoms with Gasteiger partial charge in [0.05, 0.1) is 18.5 Å². The van der Waals surface area contributed by atoms with Crippen molar-refractivity contribution >= 4 is 11.8 Å². The summed E-state index contributed by atoms with van der Waals surface area (Å²) in [4.78, 5) is 11.4. The first kappa shape index (κ1) is 15.8. The van der Waals surface area contributed by atoms with Gasteiger partial charge in [0.15, 0.2) is 0 Å².